The highest BCUT2D eigenvalue weighted by Crippen LogP contribution is 2.33. The Morgan fingerprint density at radius 2 is 1.83 bits per heavy atom. The standard InChI is InChI=1S/C15H25N3/c1-11(2)18-10-9-14(16)15(18)12-5-7-13(8-6-12)17(3)4/h5-8,11,14-15H,9-10,16H2,1-4H3/t14-,15+/m0/s1. The van der Waals surface area contributed by atoms with Gasteiger partial charge in [0.25, 0.3) is 0 Å². The summed E-state index contributed by atoms with van der Waals surface area (Å²) >= 11 is 0. The van der Waals surface area contributed by atoms with Crippen molar-refractivity contribution in [2.75, 3.05) is 25.5 Å². The molecule has 2 atom stereocenters. The Morgan fingerprint density at radius 1 is 1.22 bits per heavy atom. The Balaban J connectivity index is 2.23. The Kier molecular flexibility index (Phi) is 3.93. The summed E-state index contributed by atoms with van der Waals surface area (Å²) in [6.45, 7) is 5.61. The summed E-state index contributed by atoms with van der Waals surface area (Å²) in [6, 6.07) is 10.00. The van der Waals surface area contributed by atoms with Gasteiger partial charge in [-0.15, -0.1) is 0 Å². The van der Waals surface area contributed by atoms with Gasteiger partial charge in [0, 0.05) is 38.4 Å². The van der Waals surface area contributed by atoms with E-state index in [1.165, 1.54) is 11.3 Å². The molecule has 1 aromatic carbocycles. The predicted octanol–water partition coefficient (Wildman–Crippen LogP) is 2.24. The van der Waals surface area contributed by atoms with Crippen LogP contribution in [-0.4, -0.2) is 37.6 Å². The molecular weight excluding hydrogens is 222 g/mol. The van der Waals surface area contributed by atoms with Gasteiger partial charge in [-0.05, 0) is 38.0 Å². The molecule has 0 aliphatic carbocycles. The van der Waals surface area contributed by atoms with E-state index in [0.29, 0.717) is 12.1 Å². The first kappa shape index (κ1) is 13.4. The summed E-state index contributed by atoms with van der Waals surface area (Å²) in [6.07, 6.45) is 1.10. The van der Waals surface area contributed by atoms with Crippen molar-refractivity contribution in [3.63, 3.8) is 0 Å². The van der Waals surface area contributed by atoms with Crippen LogP contribution in [0.5, 0.6) is 0 Å². The van der Waals surface area contributed by atoms with Crippen molar-refractivity contribution in [1.29, 1.82) is 0 Å². The van der Waals surface area contributed by atoms with Crippen LogP contribution in [0.25, 0.3) is 0 Å². The maximum Gasteiger partial charge on any atom is 0.0502 e. The SMILES string of the molecule is CC(C)N1CC[C@H](N)[C@H]1c1ccc(N(C)C)cc1. The molecule has 1 aromatic rings. The summed E-state index contributed by atoms with van der Waals surface area (Å²) in [5.41, 5.74) is 8.87. The third kappa shape index (κ3) is 2.52. The van der Waals surface area contributed by atoms with Crippen molar-refractivity contribution in [3.8, 4) is 0 Å². The molecule has 100 valence electrons. The van der Waals surface area contributed by atoms with Crippen LogP contribution in [0, 0.1) is 0 Å². The van der Waals surface area contributed by atoms with Crippen LogP contribution in [0.4, 0.5) is 5.69 Å². The lowest BCUT2D eigenvalue weighted by Gasteiger charge is -2.30. The lowest BCUT2D eigenvalue weighted by molar-refractivity contribution is 0.198. The van der Waals surface area contributed by atoms with Gasteiger partial charge in [-0.25, -0.2) is 0 Å². The maximum absolute atomic E-state index is 6.28. The van der Waals surface area contributed by atoms with Crippen molar-refractivity contribution in [2.45, 2.75) is 38.4 Å². The van der Waals surface area contributed by atoms with E-state index in [1.807, 2.05) is 0 Å². The fourth-order valence-corrected chi connectivity index (χ4v) is 2.83. The van der Waals surface area contributed by atoms with Crippen LogP contribution < -0.4 is 10.6 Å². The molecule has 2 rings (SSSR count). The molecule has 1 heterocycles. The van der Waals surface area contributed by atoms with Crippen LogP contribution in [0.3, 0.4) is 0 Å². The summed E-state index contributed by atoms with van der Waals surface area (Å²) in [5, 5.41) is 0. The second-order valence-electron chi connectivity index (χ2n) is 5.71. The van der Waals surface area contributed by atoms with Gasteiger partial charge in [-0.1, -0.05) is 12.1 Å². The van der Waals surface area contributed by atoms with Gasteiger partial charge in [0.1, 0.15) is 0 Å². The molecule has 2 N–H and O–H groups in total. The third-order valence-corrected chi connectivity index (χ3v) is 3.90. The number of hydrogen-bond donors (Lipinski definition) is 1. The molecule has 3 nitrogen and oxygen atoms in total. The first-order chi connectivity index (χ1) is 8.50. The zero-order valence-electron chi connectivity index (χ0n) is 11.9. The molecule has 0 aromatic heterocycles. The Bertz CT molecular complexity index is 383. The molecule has 1 fully saturated rings. The first-order valence-electron chi connectivity index (χ1n) is 6.79. The second kappa shape index (κ2) is 5.29. The molecule has 1 aliphatic rings. The van der Waals surface area contributed by atoms with Crippen LogP contribution in [-0.2, 0) is 0 Å². The topological polar surface area (TPSA) is 32.5 Å². The zero-order valence-corrected chi connectivity index (χ0v) is 11.9. The fourth-order valence-electron chi connectivity index (χ4n) is 2.83. The smallest absolute Gasteiger partial charge is 0.0502 e. The lowest BCUT2D eigenvalue weighted by atomic mass is 9.99. The van der Waals surface area contributed by atoms with E-state index in [-0.39, 0.29) is 6.04 Å². The minimum Gasteiger partial charge on any atom is -0.378 e. The molecule has 0 saturated carbocycles. The molecule has 0 spiro atoms. The van der Waals surface area contributed by atoms with E-state index in [2.05, 4.69) is 62.0 Å². The zero-order chi connectivity index (χ0) is 13.3. The van der Waals surface area contributed by atoms with Crippen LogP contribution in [0.2, 0.25) is 0 Å². The van der Waals surface area contributed by atoms with Gasteiger partial charge in [0.15, 0.2) is 0 Å². The van der Waals surface area contributed by atoms with Gasteiger partial charge in [-0.2, -0.15) is 0 Å². The molecule has 3 heteroatoms. The Hall–Kier alpha value is -1.06. The number of likely N-dealkylation sites (tertiary alicyclic amines) is 1. The minimum atomic E-state index is 0.262. The molecule has 0 amide bonds. The lowest BCUT2D eigenvalue weighted by Crippen LogP contribution is -2.35. The number of benzene rings is 1. The van der Waals surface area contributed by atoms with Crippen LogP contribution in [0.15, 0.2) is 24.3 Å². The van der Waals surface area contributed by atoms with Gasteiger partial charge in [0.2, 0.25) is 0 Å². The molecule has 0 radical (unpaired) electrons. The van der Waals surface area contributed by atoms with Crippen molar-refractivity contribution in [2.24, 2.45) is 5.73 Å². The highest BCUT2D eigenvalue weighted by Gasteiger charge is 2.34. The number of nitrogens with two attached hydrogens (primary N) is 1. The largest absolute Gasteiger partial charge is 0.378 e. The maximum atomic E-state index is 6.28. The molecule has 0 unspecified atom stereocenters. The van der Waals surface area contributed by atoms with Crippen molar-refractivity contribution < 1.29 is 0 Å². The summed E-state index contributed by atoms with van der Waals surface area (Å²) < 4.78 is 0. The number of nitrogens with zero attached hydrogens (tertiary/aromatic N) is 2. The fraction of sp³-hybridized carbons (Fsp3) is 0.600. The summed E-state index contributed by atoms with van der Waals surface area (Å²) in [5.74, 6) is 0. The number of rotatable bonds is 3. The second-order valence-corrected chi connectivity index (χ2v) is 5.71. The highest BCUT2D eigenvalue weighted by atomic mass is 15.2. The van der Waals surface area contributed by atoms with E-state index in [4.69, 9.17) is 5.73 Å². The van der Waals surface area contributed by atoms with E-state index in [0.717, 1.165) is 13.0 Å². The molecule has 1 aliphatic heterocycles. The molecule has 1 saturated heterocycles. The van der Waals surface area contributed by atoms with E-state index in [1.54, 1.807) is 0 Å². The minimum absolute atomic E-state index is 0.262. The van der Waals surface area contributed by atoms with Gasteiger partial charge in [0.05, 0.1) is 6.04 Å². The van der Waals surface area contributed by atoms with E-state index < -0.39 is 0 Å². The van der Waals surface area contributed by atoms with Crippen LogP contribution >= 0.6 is 0 Å². The number of hydrogen-bond acceptors (Lipinski definition) is 3. The van der Waals surface area contributed by atoms with Crippen molar-refractivity contribution in [3.05, 3.63) is 29.8 Å². The van der Waals surface area contributed by atoms with E-state index >= 15 is 0 Å². The highest BCUT2D eigenvalue weighted by molar-refractivity contribution is 5.46. The van der Waals surface area contributed by atoms with Crippen LogP contribution in [0.1, 0.15) is 31.9 Å². The molecular formula is C15H25N3. The average molecular weight is 247 g/mol. The van der Waals surface area contributed by atoms with Gasteiger partial charge < -0.3 is 10.6 Å². The third-order valence-electron chi connectivity index (χ3n) is 3.90. The molecule has 0 bridgehead atoms. The quantitative estimate of drug-likeness (QED) is 0.889. The first-order valence-corrected chi connectivity index (χ1v) is 6.79. The van der Waals surface area contributed by atoms with Crippen molar-refractivity contribution in [1.82, 2.24) is 4.90 Å². The summed E-state index contributed by atoms with van der Waals surface area (Å²) in [7, 11) is 4.13. The Morgan fingerprint density at radius 3 is 2.33 bits per heavy atom. The Labute approximate surface area is 111 Å². The van der Waals surface area contributed by atoms with Gasteiger partial charge in [-0.3, -0.25) is 4.90 Å². The number of anilines is 1. The van der Waals surface area contributed by atoms with E-state index in [9.17, 15) is 0 Å². The van der Waals surface area contributed by atoms with Gasteiger partial charge >= 0.3 is 0 Å². The summed E-state index contributed by atoms with van der Waals surface area (Å²) in [4.78, 5) is 4.63. The predicted molar refractivity (Wildman–Crippen MR) is 77.9 cm³/mol. The monoisotopic (exact) mass is 247 g/mol. The molecule has 18 heavy (non-hydrogen) atoms. The average Bonchev–Trinajstić information content (AvgIpc) is 2.71. The van der Waals surface area contributed by atoms with Crippen molar-refractivity contribution >= 4 is 5.69 Å². The normalized spacial score (nSPS) is 24.8.